The lowest BCUT2D eigenvalue weighted by Gasteiger charge is -2.38. The zero-order valence-corrected chi connectivity index (χ0v) is 17.4. The highest BCUT2D eigenvalue weighted by Gasteiger charge is 2.26. The number of aliphatic imine (C=N–C) groups is 1. The van der Waals surface area contributed by atoms with Crippen molar-refractivity contribution in [2.45, 2.75) is 26.1 Å². The van der Waals surface area contributed by atoms with Crippen LogP contribution in [0.4, 0.5) is 10.3 Å². The standard InChI is InChI=1S/C23H21ClFN5/c1-14(16-4-3-5-17(10-16)19-12-28-23(26)29-13-19)30-15(2)27-9-8-22(30)18-6-7-20(24)21(25)11-18/h3-15H,1-2H3,(H2,26,28,29)/t14-,15?/m0/s1. The van der Waals surface area contributed by atoms with Crippen molar-refractivity contribution < 1.29 is 4.39 Å². The van der Waals surface area contributed by atoms with E-state index in [2.05, 4.69) is 38.9 Å². The first-order valence-corrected chi connectivity index (χ1v) is 9.97. The van der Waals surface area contributed by atoms with Crippen molar-refractivity contribution in [1.82, 2.24) is 14.9 Å². The molecule has 30 heavy (non-hydrogen) atoms. The van der Waals surface area contributed by atoms with Crippen LogP contribution in [0.25, 0.3) is 16.8 Å². The van der Waals surface area contributed by atoms with Gasteiger partial charge in [0.1, 0.15) is 12.0 Å². The highest BCUT2D eigenvalue weighted by atomic mass is 35.5. The van der Waals surface area contributed by atoms with Gasteiger partial charge in [0.15, 0.2) is 0 Å². The summed E-state index contributed by atoms with van der Waals surface area (Å²) in [7, 11) is 0. The van der Waals surface area contributed by atoms with Gasteiger partial charge in [-0.15, -0.1) is 0 Å². The number of nitrogens with two attached hydrogens (primary N) is 1. The van der Waals surface area contributed by atoms with Gasteiger partial charge in [-0.2, -0.15) is 0 Å². The molecule has 0 aliphatic carbocycles. The lowest BCUT2D eigenvalue weighted by Crippen LogP contribution is -2.35. The molecule has 2 heterocycles. The molecule has 5 nitrogen and oxygen atoms in total. The quantitative estimate of drug-likeness (QED) is 0.616. The Morgan fingerprint density at radius 2 is 1.83 bits per heavy atom. The molecule has 0 saturated carbocycles. The number of hydrogen-bond donors (Lipinski definition) is 1. The normalized spacial score (nSPS) is 17.0. The van der Waals surface area contributed by atoms with Crippen LogP contribution in [0.15, 0.2) is 65.9 Å². The van der Waals surface area contributed by atoms with Gasteiger partial charge in [-0.25, -0.2) is 14.4 Å². The van der Waals surface area contributed by atoms with E-state index >= 15 is 0 Å². The zero-order chi connectivity index (χ0) is 21.3. The molecular formula is C23H21ClFN5. The third-order valence-corrected chi connectivity index (χ3v) is 5.53. The van der Waals surface area contributed by atoms with E-state index in [0.29, 0.717) is 0 Å². The molecule has 3 aromatic rings. The number of allylic oxidation sites excluding steroid dienone is 1. The Labute approximate surface area is 179 Å². The molecule has 2 atom stereocenters. The van der Waals surface area contributed by atoms with Crippen LogP contribution in [-0.4, -0.2) is 27.2 Å². The van der Waals surface area contributed by atoms with Gasteiger partial charge in [-0.1, -0.05) is 35.9 Å². The number of aromatic nitrogens is 2. The number of hydrogen-bond acceptors (Lipinski definition) is 5. The molecule has 2 N–H and O–H groups in total. The predicted molar refractivity (Wildman–Crippen MR) is 119 cm³/mol. The third kappa shape index (κ3) is 3.91. The molecule has 0 saturated heterocycles. The fraction of sp³-hybridized carbons (Fsp3) is 0.174. The van der Waals surface area contributed by atoms with E-state index in [9.17, 15) is 4.39 Å². The minimum absolute atomic E-state index is 0.0166. The van der Waals surface area contributed by atoms with Crippen molar-refractivity contribution >= 4 is 29.5 Å². The monoisotopic (exact) mass is 421 g/mol. The van der Waals surface area contributed by atoms with Crippen LogP contribution in [0.1, 0.15) is 31.0 Å². The Morgan fingerprint density at radius 1 is 1.07 bits per heavy atom. The van der Waals surface area contributed by atoms with E-state index in [-0.39, 0.29) is 23.2 Å². The summed E-state index contributed by atoms with van der Waals surface area (Å²) in [6, 6.07) is 13.0. The SMILES string of the molecule is CC1N=CC=C(c2ccc(Cl)c(F)c2)N1[C@@H](C)c1cccc(-c2cnc(N)nc2)c1. The molecule has 0 fully saturated rings. The average molecular weight is 422 g/mol. The van der Waals surface area contributed by atoms with Crippen molar-refractivity contribution in [3.63, 3.8) is 0 Å². The van der Waals surface area contributed by atoms with Crippen LogP contribution in [0, 0.1) is 5.82 Å². The van der Waals surface area contributed by atoms with Gasteiger partial charge in [-0.3, -0.25) is 4.99 Å². The van der Waals surface area contributed by atoms with Gasteiger partial charge >= 0.3 is 0 Å². The van der Waals surface area contributed by atoms with Crippen LogP contribution in [0.3, 0.4) is 0 Å². The number of halogens is 2. The van der Waals surface area contributed by atoms with Gasteiger partial charge in [0.25, 0.3) is 0 Å². The molecule has 1 aliphatic heterocycles. The summed E-state index contributed by atoms with van der Waals surface area (Å²) in [6.07, 6.45) is 6.97. The Morgan fingerprint density at radius 3 is 2.57 bits per heavy atom. The first-order valence-electron chi connectivity index (χ1n) is 9.59. The summed E-state index contributed by atoms with van der Waals surface area (Å²) in [5.41, 5.74) is 10.2. The lowest BCUT2D eigenvalue weighted by atomic mass is 9.98. The van der Waals surface area contributed by atoms with E-state index in [4.69, 9.17) is 17.3 Å². The van der Waals surface area contributed by atoms with Crippen molar-refractivity contribution in [3.8, 4) is 11.1 Å². The van der Waals surface area contributed by atoms with Crippen LogP contribution in [0.2, 0.25) is 5.02 Å². The minimum atomic E-state index is -0.441. The number of anilines is 1. The van der Waals surface area contributed by atoms with Crippen LogP contribution >= 0.6 is 11.6 Å². The molecule has 0 amide bonds. The smallest absolute Gasteiger partial charge is 0.219 e. The van der Waals surface area contributed by atoms with Crippen molar-refractivity contribution in [2.75, 3.05) is 5.73 Å². The van der Waals surface area contributed by atoms with Crippen LogP contribution in [0.5, 0.6) is 0 Å². The van der Waals surface area contributed by atoms with E-state index in [1.807, 2.05) is 31.2 Å². The Bertz CT molecular complexity index is 1130. The number of benzene rings is 2. The zero-order valence-electron chi connectivity index (χ0n) is 16.6. The number of rotatable bonds is 4. The summed E-state index contributed by atoms with van der Waals surface area (Å²) in [5.74, 6) is -0.198. The molecule has 1 aromatic heterocycles. The van der Waals surface area contributed by atoms with Gasteiger partial charge in [0.2, 0.25) is 5.95 Å². The van der Waals surface area contributed by atoms with Crippen molar-refractivity contribution in [3.05, 3.63) is 82.9 Å². The Hall–Kier alpha value is -3.25. The average Bonchev–Trinajstić information content (AvgIpc) is 2.75. The summed E-state index contributed by atoms with van der Waals surface area (Å²) in [5, 5.41) is 0.106. The predicted octanol–water partition coefficient (Wildman–Crippen LogP) is 5.35. The third-order valence-electron chi connectivity index (χ3n) is 5.22. The molecular weight excluding hydrogens is 401 g/mol. The van der Waals surface area contributed by atoms with E-state index in [1.54, 1.807) is 24.7 Å². The fourth-order valence-electron chi connectivity index (χ4n) is 3.66. The van der Waals surface area contributed by atoms with E-state index in [1.165, 1.54) is 6.07 Å². The summed E-state index contributed by atoms with van der Waals surface area (Å²) >= 11 is 5.88. The van der Waals surface area contributed by atoms with Crippen LogP contribution < -0.4 is 5.73 Å². The van der Waals surface area contributed by atoms with Crippen molar-refractivity contribution in [2.24, 2.45) is 4.99 Å². The maximum Gasteiger partial charge on any atom is 0.219 e. The molecule has 0 bridgehead atoms. The molecule has 2 aromatic carbocycles. The van der Waals surface area contributed by atoms with Gasteiger partial charge in [-0.05, 0) is 49.2 Å². The maximum absolute atomic E-state index is 14.1. The summed E-state index contributed by atoms with van der Waals surface area (Å²) in [6.45, 7) is 4.12. The second-order valence-electron chi connectivity index (χ2n) is 7.15. The number of nitrogens with zero attached hydrogens (tertiary/aromatic N) is 4. The second kappa shape index (κ2) is 8.24. The highest BCUT2D eigenvalue weighted by molar-refractivity contribution is 6.30. The van der Waals surface area contributed by atoms with E-state index in [0.717, 1.165) is 28.0 Å². The molecule has 1 aliphatic rings. The highest BCUT2D eigenvalue weighted by Crippen LogP contribution is 2.35. The molecule has 0 radical (unpaired) electrons. The first-order chi connectivity index (χ1) is 14.4. The summed E-state index contributed by atoms with van der Waals surface area (Å²) < 4.78 is 14.1. The molecule has 1 unspecified atom stereocenters. The maximum atomic E-state index is 14.1. The molecule has 152 valence electrons. The Kier molecular flexibility index (Phi) is 5.50. The topological polar surface area (TPSA) is 67.4 Å². The Balaban J connectivity index is 1.70. The number of nitrogen functional groups attached to an aromatic ring is 1. The molecule has 4 rings (SSSR count). The lowest BCUT2D eigenvalue weighted by molar-refractivity contribution is 0.252. The van der Waals surface area contributed by atoms with Gasteiger partial charge < -0.3 is 10.6 Å². The van der Waals surface area contributed by atoms with Crippen LogP contribution in [-0.2, 0) is 0 Å². The second-order valence-corrected chi connectivity index (χ2v) is 7.56. The minimum Gasteiger partial charge on any atom is -0.368 e. The summed E-state index contributed by atoms with van der Waals surface area (Å²) in [4.78, 5) is 14.9. The van der Waals surface area contributed by atoms with E-state index < -0.39 is 5.82 Å². The van der Waals surface area contributed by atoms with Gasteiger partial charge in [0, 0.05) is 35.4 Å². The molecule has 7 heteroatoms. The largest absolute Gasteiger partial charge is 0.368 e. The van der Waals surface area contributed by atoms with Gasteiger partial charge in [0.05, 0.1) is 11.1 Å². The first kappa shape index (κ1) is 20.0. The van der Waals surface area contributed by atoms with Crippen molar-refractivity contribution in [1.29, 1.82) is 0 Å². The molecule has 0 spiro atoms. The fourth-order valence-corrected chi connectivity index (χ4v) is 3.77.